The second kappa shape index (κ2) is 21.8. The molecule has 0 rings (SSSR count). The average Bonchev–Trinajstić information content (AvgIpc) is 2.62. The first-order valence-corrected chi connectivity index (χ1v) is 9.26. The lowest BCUT2D eigenvalue weighted by atomic mass is 10.2. The van der Waals surface area contributed by atoms with Gasteiger partial charge in [0, 0.05) is 19.6 Å². The molecule has 7 nitrogen and oxygen atoms in total. The summed E-state index contributed by atoms with van der Waals surface area (Å²) >= 11 is 0. The van der Waals surface area contributed by atoms with Crippen molar-refractivity contribution in [2.45, 2.75) is 20.3 Å². The first kappa shape index (κ1) is 24.7. The topological polar surface area (TPSA) is 64.6 Å². The lowest BCUT2D eigenvalue weighted by molar-refractivity contribution is -0.0166. The maximum absolute atomic E-state index is 5.56. The molecule has 0 aliphatic rings. The molecule has 0 aromatic rings. The molecule has 0 aliphatic heterocycles. The zero-order valence-corrected chi connectivity index (χ0v) is 16.3. The van der Waals surface area contributed by atoms with Crippen LogP contribution in [-0.4, -0.2) is 93.0 Å². The molecule has 0 saturated carbocycles. The van der Waals surface area contributed by atoms with Crippen molar-refractivity contribution in [3.05, 3.63) is 0 Å². The maximum Gasteiger partial charge on any atom is 0.0701 e. The van der Waals surface area contributed by atoms with Crippen molar-refractivity contribution in [1.82, 2.24) is 0 Å². The van der Waals surface area contributed by atoms with Gasteiger partial charge in [-0.2, -0.15) is 0 Å². The minimum absolute atomic E-state index is 0.352. The Bertz CT molecular complexity index is 241. The molecule has 0 saturated heterocycles. The van der Waals surface area contributed by atoms with Gasteiger partial charge in [-0.3, -0.25) is 0 Å². The summed E-state index contributed by atoms with van der Waals surface area (Å²) in [4.78, 5) is 0. The monoisotopic (exact) mass is 366 g/mol. The predicted molar refractivity (Wildman–Crippen MR) is 96.2 cm³/mol. The van der Waals surface area contributed by atoms with Crippen LogP contribution in [0.5, 0.6) is 0 Å². The molecule has 0 aromatic carbocycles. The van der Waals surface area contributed by atoms with Crippen molar-refractivity contribution in [1.29, 1.82) is 0 Å². The van der Waals surface area contributed by atoms with E-state index in [1.165, 1.54) is 0 Å². The molecule has 0 N–H and O–H groups in total. The molecule has 1 atom stereocenters. The number of hydrogen-bond acceptors (Lipinski definition) is 7. The van der Waals surface area contributed by atoms with Crippen LogP contribution in [0.1, 0.15) is 20.3 Å². The van der Waals surface area contributed by atoms with Crippen molar-refractivity contribution in [2.75, 3.05) is 93.0 Å². The quantitative estimate of drug-likeness (QED) is 0.287. The summed E-state index contributed by atoms with van der Waals surface area (Å²) in [5.41, 5.74) is 0. The molecule has 0 spiro atoms. The molecule has 0 aliphatic carbocycles. The molecule has 152 valence electrons. The fourth-order valence-electron chi connectivity index (χ4n) is 1.78. The Morgan fingerprint density at radius 2 is 0.880 bits per heavy atom. The molecule has 1 unspecified atom stereocenters. The lowest BCUT2D eigenvalue weighted by Crippen LogP contribution is -2.17. The van der Waals surface area contributed by atoms with Crippen molar-refractivity contribution in [3.63, 3.8) is 0 Å². The third-order valence-corrected chi connectivity index (χ3v) is 3.07. The summed E-state index contributed by atoms with van der Waals surface area (Å²) in [6.07, 6.45) is 1.04. The Kier molecular flexibility index (Phi) is 21.5. The summed E-state index contributed by atoms with van der Waals surface area (Å²) in [6.45, 7) is 12.3. The van der Waals surface area contributed by atoms with Gasteiger partial charge in [-0.1, -0.05) is 13.8 Å². The summed E-state index contributed by atoms with van der Waals surface area (Å²) < 4.78 is 37.4. The minimum Gasteiger partial charge on any atom is -0.382 e. The molecular formula is C18H38O7. The standard InChI is InChI=1S/C18H38O7/c1-4-5-20-8-9-22-12-14-24-16-18(2)17-25-15-13-23-11-10-21-7-6-19-3/h18H,4-17H2,1-3H3. The van der Waals surface area contributed by atoms with E-state index in [9.17, 15) is 0 Å². The normalized spacial score (nSPS) is 12.6. The van der Waals surface area contributed by atoms with Crippen LogP contribution < -0.4 is 0 Å². The number of rotatable bonds is 21. The maximum atomic E-state index is 5.56. The first-order valence-electron chi connectivity index (χ1n) is 9.26. The predicted octanol–water partition coefficient (Wildman–Crippen LogP) is 1.78. The van der Waals surface area contributed by atoms with Crippen LogP contribution in [0.2, 0.25) is 0 Å². The molecule has 0 fully saturated rings. The summed E-state index contributed by atoms with van der Waals surface area (Å²) in [7, 11) is 1.65. The van der Waals surface area contributed by atoms with E-state index in [4.69, 9.17) is 33.2 Å². The van der Waals surface area contributed by atoms with Crippen LogP contribution in [0.4, 0.5) is 0 Å². The smallest absolute Gasteiger partial charge is 0.0701 e. The Balaban J connectivity index is 3.12. The van der Waals surface area contributed by atoms with Crippen LogP contribution in [0, 0.1) is 5.92 Å². The largest absolute Gasteiger partial charge is 0.382 e. The lowest BCUT2D eigenvalue weighted by Gasteiger charge is -2.13. The van der Waals surface area contributed by atoms with E-state index < -0.39 is 0 Å². The van der Waals surface area contributed by atoms with Crippen molar-refractivity contribution >= 4 is 0 Å². The Morgan fingerprint density at radius 3 is 1.28 bits per heavy atom. The zero-order valence-electron chi connectivity index (χ0n) is 16.3. The number of methoxy groups -OCH3 is 1. The van der Waals surface area contributed by atoms with Gasteiger partial charge in [-0.25, -0.2) is 0 Å². The number of hydrogen-bond donors (Lipinski definition) is 0. The molecule has 7 heteroatoms. The Hall–Kier alpha value is -0.280. The van der Waals surface area contributed by atoms with Gasteiger partial charge in [-0.05, 0) is 6.42 Å². The van der Waals surface area contributed by atoms with Crippen molar-refractivity contribution in [3.8, 4) is 0 Å². The fourth-order valence-corrected chi connectivity index (χ4v) is 1.78. The van der Waals surface area contributed by atoms with E-state index in [0.29, 0.717) is 85.2 Å². The van der Waals surface area contributed by atoms with E-state index in [1.54, 1.807) is 7.11 Å². The van der Waals surface area contributed by atoms with E-state index >= 15 is 0 Å². The van der Waals surface area contributed by atoms with Crippen LogP contribution in [0.3, 0.4) is 0 Å². The molecule has 25 heavy (non-hydrogen) atoms. The first-order chi connectivity index (χ1) is 12.3. The average molecular weight is 366 g/mol. The van der Waals surface area contributed by atoms with Gasteiger partial charge < -0.3 is 33.2 Å². The molecule has 0 bridgehead atoms. The van der Waals surface area contributed by atoms with Gasteiger partial charge in [-0.15, -0.1) is 0 Å². The minimum atomic E-state index is 0.352. The van der Waals surface area contributed by atoms with Crippen molar-refractivity contribution < 1.29 is 33.2 Å². The van der Waals surface area contributed by atoms with Crippen LogP contribution in [-0.2, 0) is 33.2 Å². The van der Waals surface area contributed by atoms with Crippen LogP contribution >= 0.6 is 0 Å². The van der Waals surface area contributed by atoms with Crippen molar-refractivity contribution in [2.24, 2.45) is 5.92 Å². The third kappa shape index (κ3) is 21.7. The van der Waals surface area contributed by atoms with E-state index in [-0.39, 0.29) is 0 Å². The highest BCUT2D eigenvalue weighted by molar-refractivity contribution is 4.49. The van der Waals surface area contributed by atoms with Gasteiger partial charge >= 0.3 is 0 Å². The van der Waals surface area contributed by atoms with Gasteiger partial charge in [0.1, 0.15) is 0 Å². The molecule has 0 aromatic heterocycles. The SMILES string of the molecule is CCCOCCOCCOCC(C)COCCOCCOCCOC. The number of ether oxygens (including phenoxy) is 7. The van der Waals surface area contributed by atoms with E-state index in [0.717, 1.165) is 13.0 Å². The highest BCUT2D eigenvalue weighted by atomic mass is 16.6. The fraction of sp³-hybridized carbons (Fsp3) is 1.00. The molecule has 0 amide bonds. The van der Waals surface area contributed by atoms with Gasteiger partial charge in [0.05, 0.1) is 79.3 Å². The summed E-state index contributed by atoms with van der Waals surface area (Å²) in [5, 5.41) is 0. The third-order valence-electron chi connectivity index (χ3n) is 3.07. The second-order valence-electron chi connectivity index (χ2n) is 5.70. The van der Waals surface area contributed by atoms with Gasteiger partial charge in [0.15, 0.2) is 0 Å². The highest BCUT2D eigenvalue weighted by Crippen LogP contribution is 1.97. The van der Waals surface area contributed by atoms with Gasteiger partial charge in [0.25, 0.3) is 0 Å². The molecular weight excluding hydrogens is 328 g/mol. The van der Waals surface area contributed by atoms with E-state index in [2.05, 4.69) is 13.8 Å². The second-order valence-corrected chi connectivity index (χ2v) is 5.70. The Labute approximate surface area is 153 Å². The molecule has 0 radical (unpaired) electrons. The van der Waals surface area contributed by atoms with E-state index in [1.807, 2.05) is 0 Å². The summed E-state index contributed by atoms with van der Waals surface area (Å²) in [6, 6.07) is 0. The zero-order chi connectivity index (χ0) is 18.4. The summed E-state index contributed by atoms with van der Waals surface area (Å²) in [5.74, 6) is 0.352. The van der Waals surface area contributed by atoms with Crippen LogP contribution in [0.25, 0.3) is 0 Å². The highest BCUT2D eigenvalue weighted by Gasteiger charge is 2.02. The molecule has 0 heterocycles. The van der Waals surface area contributed by atoms with Gasteiger partial charge in [0.2, 0.25) is 0 Å². The Morgan fingerprint density at radius 1 is 0.520 bits per heavy atom. The van der Waals surface area contributed by atoms with Crippen LogP contribution in [0.15, 0.2) is 0 Å².